The molecule has 1 N–H and O–H groups in total. The zero-order chi connectivity index (χ0) is 22.1. The van der Waals surface area contributed by atoms with Crippen LogP contribution in [-0.2, 0) is 0 Å². The summed E-state index contributed by atoms with van der Waals surface area (Å²) in [6.45, 7) is 0. The highest BCUT2D eigenvalue weighted by molar-refractivity contribution is 7.80. The predicted molar refractivity (Wildman–Crippen MR) is 134 cm³/mol. The second-order valence-corrected chi connectivity index (χ2v) is 9.43. The number of nitrogens with one attached hydrogen (secondary N) is 1. The van der Waals surface area contributed by atoms with E-state index in [-0.39, 0.29) is 12.1 Å². The summed E-state index contributed by atoms with van der Waals surface area (Å²) in [5.74, 6) is 0. The summed E-state index contributed by atoms with van der Waals surface area (Å²) in [5.41, 5.74) is 4.64. The molecule has 0 amide bonds. The van der Waals surface area contributed by atoms with Crippen molar-refractivity contribution in [3.8, 4) is 5.69 Å². The van der Waals surface area contributed by atoms with Crippen LogP contribution in [0.2, 0.25) is 0 Å². The standard InChI is InChI=1S/C26H31N5S/c1-29(2)19-13-15-20(16-14-19)30-18-8-12-23(30)25-24(22-11-6-7-17-27-22)28-26(32)31(25)21-9-4-3-5-10-21/h6-8,11-18,21,24-25H,3-5,9-10H2,1-2H3,(H,28,32)/t24-,25+/m0/s1. The van der Waals surface area contributed by atoms with Gasteiger partial charge in [0, 0.05) is 49.6 Å². The van der Waals surface area contributed by atoms with E-state index < -0.39 is 0 Å². The topological polar surface area (TPSA) is 36.3 Å². The van der Waals surface area contributed by atoms with Crippen molar-refractivity contribution in [1.82, 2.24) is 19.8 Å². The molecule has 3 aromatic rings. The molecular weight excluding hydrogens is 414 g/mol. The van der Waals surface area contributed by atoms with E-state index in [9.17, 15) is 0 Å². The molecule has 2 atom stereocenters. The molecular formula is C26H31N5S. The monoisotopic (exact) mass is 445 g/mol. The van der Waals surface area contributed by atoms with Crippen LogP contribution in [-0.4, -0.2) is 39.7 Å². The van der Waals surface area contributed by atoms with E-state index in [1.54, 1.807) is 0 Å². The molecule has 0 bridgehead atoms. The first-order valence-corrected chi connectivity index (χ1v) is 12.0. The third-order valence-electron chi connectivity index (χ3n) is 6.83. The van der Waals surface area contributed by atoms with Crippen molar-refractivity contribution >= 4 is 23.0 Å². The van der Waals surface area contributed by atoms with Gasteiger partial charge in [-0.3, -0.25) is 4.98 Å². The summed E-state index contributed by atoms with van der Waals surface area (Å²) >= 11 is 5.93. The van der Waals surface area contributed by atoms with Crippen molar-refractivity contribution < 1.29 is 0 Å². The second-order valence-electron chi connectivity index (χ2n) is 9.04. The molecule has 2 fully saturated rings. The lowest BCUT2D eigenvalue weighted by Crippen LogP contribution is -2.40. The van der Waals surface area contributed by atoms with E-state index in [4.69, 9.17) is 17.2 Å². The highest BCUT2D eigenvalue weighted by Gasteiger charge is 2.44. The number of hydrogen-bond donors (Lipinski definition) is 1. The summed E-state index contributed by atoms with van der Waals surface area (Å²) in [4.78, 5) is 9.31. The van der Waals surface area contributed by atoms with E-state index in [0.717, 1.165) is 16.5 Å². The molecule has 5 rings (SSSR count). The van der Waals surface area contributed by atoms with Gasteiger partial charge in [-0.05, 0) is 73.6 Å². The zero-order valence-corrected chi connectivity index (χ0v) is 19.6. The van der Waals surface area contributed by atoms with E-state index >= 15 is 0 Å². The smallest absolute Gasteiger partial charge is 0.170 e. The van der Waals surface area contributed by atoms with Gasteiger partial charge in [0.1, 0.15) is 0 Å². The highest BCUT2D eigenvalue weighted by atomic mass is 32.1. The minimum atomic E-state index is 0.0281. The fraction of sp³-hybridized carbons (Fsp3) is 0.385. The van der Waals surface area contributed by atoms with Gasteiger partial charge >= 0.3 is 0 Å². The van der Waals surface area contributed by atoms with Crippen molar-refractivity contribution in [2.24, 2.45) is 0 Å². The molecule has 2 aromatic heterocycles. The van der Waals surface area contributed by atoms with Crippen LogP contribution < -0.4 is 10.2 Å². The molecule has 1 aliphatic heterocycles. The molecule has 5 nitrogen and oxygen atoms in total. The third kappa shape index (κ3) is 3.88. The summed E-state index contributed by atoms with van der Waals surface area (Å²) in [6.07, 6.45) is 10.3. The lowest BCUT2D eigenvalue weighted by atomic mass is 9.92. The van der Waals surface area contributed by atoms with Gasteiger partial charge in [0.15, 0.2) is 5.11 Å². The number of aromatic nitrogens is 2. The van der Waals surface area contributed by atoms with Crippen molar-refractivity contribution in [3.63, 3.8) is 0 Å². The van der Waals surface area contributed by atoms with Gasteiger partial charge in [-0.2, -0.15) is 0 Å². The van der Waals surface area contributed by atoms with Crippen LogP contribution in [0.1, 0.15) is 55.6 Å². The number of anilines is 1. The lowest BCUT2D eigenvalue weighted by molar-refractivity contribution is 0.193. The Bertz CT molecular complexity index is 1050. The molecule has 1 saturated heterocycles. The van der Waals surface area contributed by atoms with Crippen molar-refractivity contribution in [2.45, 2.75) is 50.2 Å². The number of hydrogen-bond acceptors (Lipinski definition) is 3. The second kappa shape index (κ2) is 8.94. The maximum atomic E-state index is 5.93. The van der Waals surface area contributed by atoms with Crippen LogP contribution in [0.3, 0.4) is 0 Å². The van der Waals surface area contributed by atoms with Crippen LogP contribution in [0, 0.1) is 0 Å². The predicted octanol–water partition coefficient (Wildman–Crippen LogP) is 5.24. The number of rotatable bonds is 5. The normalized spacial score (nSPS) is 21.6. The molecule has 1 aliphatic carbocycles. The van der Waals surface area contributed by atoms with Crippen molar-refractivity contribution in [1.29, 1.82) is 0 Å². The van der Waals surface area contributed by atoms with E-state index in [2.05, 4.69) is 88.5 Å². The first-order chi connectivity index (χ1) is 15.6. The Balaban J connectivity index is 1.57. The quantitative estimate of drug-likeness (QED) is 0.543. The molecule has 1 saturated carbocycles. The maximum absolute atomic E-state index is 5.93. The van der Waals surface area contributed by atoms with Gasteiger partial charge in [-0.25, -0.2) is 0 Å². The molecule has 0 unspecified atom stereocenters. The SMILES string of the molecule is CN(C)c1ccc(-n2cccc2[C@@H]2[C@H](c3ccccn3)NC(=S)N2C2CCCCC2)cc1. The lowest BCUT2D eigenvalue weighted by Gasteiger charge is -2.37. The maximum Gasteiger partial charge on any atom is 0.170 e. The van der Waals surface area contributed by atoms with Crippen LogP contribution in [0.15, 0.2) is 67.0 Å². The van der Waals surface area contributed by atoms with Gasteiger partial charge in [-0.1, -0.05) is 25.3 Å². The third-order valence-corrected chi connectivity index (χ3v) is 7.16. The number of benzene rings is 1. The number of thiocarbonyl (C=S) groups is 1. The summed E-state index contributed by atoms with van der Waals surface area (Å²) in [5, 5.41) is 4.49. The Kier molecular flexibility index (Phi) is 5.87. The van der Waals surface area contributed by atoms with Gasteiger partial charge in [0.05, 0.1) is 17.8 Å². The van der Waals surface area contributed by atoms with Gasteiger partial charge in [-0.15, -0.1) is 0 Å². The van der Waals surface area contributed by atoms with Crippen LogP contribution >= 0.6 is 12.2 Å². The zero-order valence-electron chi connectivity index (χ0n) is 18.8. The molecule has 3 heterocycles. The average Bonchev–Trinajstić information content (AvgIpc) is 3.44. The Morgan fingerprint density at radius 3 is 2.44 bits per heavy atom. The van der Waals surface area contributed by atoms with Crippen LogP contribution in [0.5, 0.6) is 0 Å². The Morgan fingerprint density at radius 2 is 1.75 bits per heavy atom. The highest BCUT2D eigenvalue weighted by Crippen LogP contribution is 2.43. The minimum Gasteiger partial charge on any atom is -0.378 e. The largest absolute Gasteiger partial charge is 0.378 e. The summed E-state index contributed by atoms with van der Waals surface area (Å²) < 4.78 is 2.31. The average molecular weight is 446 g/mol. The van der Waals surface area contributed by atoms with Crippen molar-refractivity contribution in [2.75, 3.05) is 19.0 Å². The molecule has 32 heavy (non-hydrogen) atoms. The molecule has 0 radical (unpaired) electrons. The fourth-order valence-electron chi connectivity index (χ4n) is 5.22. The Hall–Kier alpha value is -2.86. The van der Waals surface area contributed by atoms with Gasteiger partial charge < -0.3 is 19.7 Å². The molecule has 2 aliphatic rings. The van der Waals surface area contributed by atoms with E-state index in [1.165, 1.54) is 43.5 Å². The number of nitrogens with zero attached hydrogens (tertiary/aromatic N) is 4. The van der Waals surface area contributed by atoms with E-state index in [0.29, 0.717) is 6.04 Å². The van der Waals surface area contributed by atoms with Crippen molar-refractivity contribution in [3.05, 3.63) is 78.4 Å². The van der Waals surface area contributed by atoms with Gasteiger partial charge in [0.2, 0.25) is 0 Å². The summed E-state index contributed by atoms with van der Waals surface area (Å²) in [6, 6.07) is 19.9. The number of pyridine rings is 1. The molecule has 6 heteroatoms. The van der Waals surface area contributed by atoms with Gasteiger partial charge in [0.25, 0.3) is 0 Å². The minimum absolute atomic E-state index is 0.0281. The molecule has 166 valence electrons. The molecule has 0 spiro atoms. The first kappa shape index (κ1) is 21.0. The Labute approximate surface area is 196 Å². The Morgan fingerprint density at radius 1 is 0.969 bits per heavy atom. The van der Waals surface area contributed by atoms with E-state index in [1.807, 2.05) is 12.3 Å². The first-order valence-electron chi connectivity index (χ1n) is 11.6. The summed E-state index contributed by atoms with van der Waals surface area (Å²) in [7, 11) is 4.14. The molecule has 1 aromatic carbocycles. The van der Waals surface area contributed by atoms with Crippen LogP contribution in [0.25, 0.3) is 5.69 Å². The fourth-order valence-corrected chi connectivity index (χ4v) is 5.61. The van der Waals surface area contributed by atoms with Crippen LogP contribution in [0.4, 0.5) is 5.69 Å².